The van der Waals surface area contributed by atoms with Crippen LogP contribution in [0.5, 0.6) is 5.75 Å². The highest BCUT2D eigenvalue weighted by atomic mass is 32.2. The van der Waals surface area contributed by atoms with Crippen LogP contribution in [0.1, 0.15) is 0 Å². The van der Waals surface area contributed by atoms with Gasteiger partial charge in [0.15, 0.2) is 5.75 Å². The third-order valence-electron chi connectivity index (χ3n) is 9.67. The lowest BCUT2D eigenvalue weighted by Crippen LogP contribution is -2.14. The highest BCUT2D eigenvalue weighted by Gasteiger charge is 2.32. The van der Waals surface area contributed by atoms with Crippen molar-refractivity contribution in [2.45, 2.75) is 9.79 Å². The summed E-state index contributed by atoms with van der Waals surface area (Å²) in [6, 6.07) is 49.5. The predicted molar refractivity (Wildman–Crippen MR) is 207 cm³/mol. The number of hydrogen-bond donors (Lipinski definition) is 0. The van der Waals surface area contributed by atoms with E-state index in [1.807, 2.05) is 115 Å². The molecule has 0 aliphatic heterocycles. The van der Waals surface area contributed by atoms with Crippen LogP contribution in [0, 0.1) is 0 Å². The fraction of sp³-hybridized carbons (Fsp3) is 0. The predicted octanol–water partition coefficient (Wildman–Crippen LogP) is 10.5. The fourth-order valence-electron chi connectivity index (χ4n) is 7.52. The molecule has 0 aromatic heterocycles. The van der Waals surface area contributed by atoms with Gasteiger partial charge in [0, 0.05) is 32.7 Å². The van der Waals surface area contributed by atoms with E-state index in [1.165, 1.54) is 12.1 Å². The van der Waals surface area contributed by atoms with Crippen molar-refractivity contribution in [1.82, 2.24) is 0 Å². The minimum absolute atomic E-state index is 0.0346. The van der Waals surface area contributed by atoms with E-state index >= 15 is 8.42 Å². The van der Waals surface area contributed by atoms with Crippen LogP contribution >= 0.6 is 0 Å². The van der Waals surface area contributed by atoms with E-state index in [2.05, 4.69) is 0 Å². The van der Waals surface area contributed by atoms with E-state index in [1.54, 1.807) is 36.4 Å². The SMILES string of the molecule is O=S(=O)([O-])c1c2ccccc2c(OS(=O)(=O)c2c(-c3cccc4ccccc34)cc3ccccc3c2-c2cccc3ccccc23)c2ccccc12. The highest BCUT2D eigenvalue weighted by molar-refractivity contribution is 7.87. The first-order valence-corrected chi connectivity index (χ1v) is 19.4. The van der Waals surface area contributed by atoms with Crippen molar-refractivity contribution < 1.29 is 25.6 Å². The van der Waals surface area contributed by atoms with Gasteiger partial charge in [0.2, 0.25) is 0 Å². The standard InChI is InChI=1S/C44H28O6S2/c45-51(46,47)43-38-23-9-7-21-36(38)42(37-22-8-10-24-39(37)43)50-52(48,49)44-40(34-25-11-16-28-13-1-4-18-31(28)34)27-30-15-3-6-20-33(30)41(44)35-26-12-17-29-14-2-5-19-32(29)35/h1-27H,(H,45,46,47)/p-1. The molecule has 0 atom stereocenters. The minimum Gasteiger partial charge on any atom is -0.744 e. The van der Waals surface area contributed by atoms with E-state index in [9.17, 15) is 13.0 Å². The highest BCUT2D eigenvalue weighted by Crippen LogP contribution is 2.48. The molecule has 0 heterocycles. The molecule has 0 bridgehead atoms. The fourth-order valence-corrected chi connectivity index (χ4v) is 9.80. The van der Waals surface area contributed by atoms with Gasteiger partial charge in [-0.05, 0) is 49.5 Å². The Bertz CT molecular complexity index is 3080. The van der Waals surface area contributed by atoms with E-state index in [4.69, 9.17) is 4.18 Å². The summed E-state index contributed by atoms with van der Waals surface area (Å²) >= 11 is 0. The van der Waals surface area contributed by atoms with Crippen LogP contribution in [0.15, 0.2) is 174 Å². The normalized spacial score (nSPS) is 12.2. The van der Waals surface area contributed by atoms with E-state index in [-0.39, 0.29) is 32.2 Å². The number of fused-ring (bicyclic) bond motifs is 5. The summed E-state index contributed by atoms with van der Waals surface area (Å²) in [5, 5.41) is 5.67. The molecule has 52 heavy (non-hydrogen) atoms. The van der Waals surface area contributed by atoms with E-state index in [0.29, 0.717) is 27.6 Å². The molecule has 9 rings (SSSR count). The lowest BCUT2D eigenvalue weighted by atomic mass is 9.89. The molecule has 0 N–H and O–H groups in total. The first-order valence-electron chi connectivity index (χ1n) is 16.6. The van der Waals surface area contributed by atoms with Crippen molar-refractivity contribution in [3.63, 3.8) is 0 Å². The number of hydrogen-bond acceptors (Lipinski definition) is 6. The average Bonchev–Trinajstić information content (AvgIpc) is 3.16. The van der Waals surface area contributed by atoms with Crippen LogP contribution in [0.3, 0.4) is 0 Å². The van der Waals surface area contributed by atoms with Gasteiger partial charge < -0.3 is 8.74 Å². The molecule has 8 heteroatoms. The molecule has 0 saturated carbocycles. The largest absolute Gasteiger partial charge is 0.744 e. The lowest BCUT2D eigenvalue weighted by molar-refractivity contribution is 0.465. The van der Waals surface area contributed by atoms with Gasteiger partial charge >= 0.3 is 10.1 Å². The van der Waals surface area contributed by atoms with Gasteiger partial charge in [-0.1, -0.05) is 158 Å². The van der Waals surface area contributed by atoms with Crippen molar-refractivity contribution in [3.05, 3.63) is 164 Å². The van der Waals surface area contributed by atoms with Gasteiger partial charge in [0.05, 0.1) is 4.90 Å². The summed E-state index contributed by atoms with van der Waals surface area (Å²) in [7, 11) is -9.73. The van der Waals surface area contributed by atoms with Crippen molar-refractivity contribution >= 4 is 74.1 Å². The molecule has 0 amide bonds. The van der Waals surface area contributed by atoms with Gasteiger partial charge in [0.1, 0.15) is 15.0 Å². The summed E-state index contributed by atoms with van der Waals surface area (Å²) in [5.74, 6) is -0.0699. The first-order chi connectivity index (χ1) is 25.2. The van der Waals surface area contributed by atoms with Crippen molar-refractivity contribution in [2.75, 3.05) is 0 Å². The minimum atomic E-state index is -4.98. The number of benzene rings is 9. The summed E-state index contributed by atoms with van der Waals surface area (Å²) in [6.45, 7) is 0. The van der Waals surface area contributed by atoms with Gasteiger partial charge in [-0.15, -0.1) is 0 Å². The Morgan fingerprint density at radius 3 is 1.37 bits per heavy atom. The zero-order chi connectivity index (χ0) is 35.6. The van der Waals surface area contributed by atoms with Crippen LogP contribution in [0.4, 0.5) is 0 Å². The molecule has 0 fully saturated rings. The molecule has 0 aliphatic rings. The molecule has 6 nitrogen and oxygen atoms in total. The zero-order valence-electron chi connectivity index (χ0n) is 27.4. The monoisotopic (exact) mass is 715 g/mol. The topological polar surface area (TPSA) is 101 Å². The van der Waals surface area contributed by atoms with E-state index in [0.717, 1.165) is 26.9 Å². The van der Waals surface area contributed by atoms with Crippen LogP contribution < -0.4 is 4.18 Å². The molecule has 0 spiro atoms. The summed E-state index contributed by atoms with van der Waals surface area (Å²) in [5.41, 5.74) is 2.34. The maximum atomic E-state index is 15.5. The van der Waals surface area contributed by atoms with Gasteiger partial charge in [-0.2, -0.15) is 8.42 Å². The van der Waals surface area contributed by atoms with Crippen LogP contribution in [-0.2, 0) is 20.2 Å². The Labute approximate surface area is 300 Å². The molecule has 0 saturated heterocycles. The number of rotatable bonds is 6. The maximum absolute atomic E-state index is 15.5. The van der Waals surface area contributed by atoms with Crippen molar-refractivity contribution in [3.8, 4) is 28.0 Å². The Hall–Kier alpha value is -6.06. The van der Waals surface area contributed by atoms with Crippen LogP contribution in [0.2, 0.25) is 0 Å². The van der Waals surface area contributed by atoms with Gasteiger partial charge in [-0.3, -0.25) is 0 Å². The molecule has 0 unspecified atom stereocenters. The second-order valence-electron chi connectivity index (χ2n) is 12.6. The summed E-state index contributed by atoms with van der Waals surface area (Å²) in [6.07, 6.45) is 0. The molecule has 9 aromatic rings. The maximum Gasteiger partial charge on any atom is 0.340 e. The average molecular weight is 716 g/mol. The van der Waals surface area contributed by atoms with Crippen LogP contribution in [0.25, 0.3) is 76.1 Å². The Morgan fingerprint density at radius 2 is 0.808 bits per heavy atom. The van der Waals surface area contributed by atoms with Gasteiger partial charge in [0.25, 0.3) is 0 Å². The van der Waals surface area contributed by atoms with Gasteiger partial charge in [-0.25, -0.2) is 8.42 Å². The second-order valence-corrected chi connectivity index (χ2v) is 15.4. The van der Waals surface area contributed by atoms with Crippen LogP contribution in [-0.4, -0.2) is 21.4 Å². The second kappa shape index (κ2) is 12.0. The quantitative estimate of drug-likeness (QED) is 0.0965. The van der Waals surface area contributed by atoms with Crippen molar-refractivity contribution in [2.24, 2.45) is 0 Å². The molecular formula is C44H27O6S2-. The molecule has 0 radical (unpaired) electrons. The summed E-state index contributed by atoms with van der Waals surface area (Å²) in [4.78, 5) is -0.463. The Balaban J connectivity index is 1.44. The van der Waals surface area contributed by atoms with Crippen molar-refractivity contribution in [1.29, 1.82) is 0 Å². The Kier molecular flexibility index (Phi) is 7.37. The molecular weight excluding hydrogens is 689 g/mol. The Morgan fingerprint density at radius 1 is 0.385 bits per heavy atom. The molecule has 9 aromatic carbocycles. The third kappa shape index (κ3) is 5.11. The molecule has 0 aliphatic carbocycles. The molecule has 252 valence electrons. The van der Waals surface area contributed by atoms with E-state index < -0.39 is 25.1 Å². The third-order valence-corrected chi connectivity index (χ3v) is 11.9. The zero-order valence-corrected chi connectivity index (χ0v) is 29.0. The summed E-state index contributed by atoms with van der Waals surface area (Å²) < 4.78 is 75.4. The smallest absolute Gasteiger partial charge is 0.340 e. The first kappa shape index (κ1) is 31.9. The lowest BCUT2D eigenvalue weighted by Gasteiger charge is -2.22.